The summed E-state index contributed by atoms with van der Waals surface area (Å²) in [6, 6.07) is 18.9. The molecule has 3 rings (SSSR count). The van der Waals surface area contributed by atoms with Crippen molar-refractivity contribution in [1.29, 1.82) is 0 Å². The van der Waals surface area contributed by atoms with Gasteiger partial charge in [-0.05, 0) is 17.7 Å². The number of fused-ring (bicyclic) bond motifs is 1. The number of benzene rings is 2. The van der Waals surface area contributed by atoms with Crippen LogP contribution in [0, 0.1) is 0 Å². The van der Waals surface area contributed by atoms with Gasteiger partial charge >= 0.3 is 0 Å². The van der Waals surface area contributed by atoms with Crippen molar-refractivity contribution in [3.05, 3.63) is 72.4 Å². The van der Waals surface area contributed by atoms with Crippen LogP contribution >= 0.6 is 11.6 Å². The maximum atomic E-state index is 12.2. The standard InChI is InChI=1S/C17H13ClN2O/c18-16(12-6-2-1-3-7-12)17(21)20-14-10-13-8-4-5-9-15(13)19-11-14/h1-11,16H,(H,20,21). The Morgan fingerprint density at radius 1 is 1.05 bits per heavy atom. The number of aromatic nitrogens is 1. The molecule has 104 valence electrons. The van der Waals surface area contributed by atoms with E-state index >= 15 is 0 Å². The summed E-state index contributed by atoms with van der Waals surface area (Å²) in [5.74, 6) is -0.264. The Labute approximate surface area is 127 Å². The summed E-state index contributed by atoms with van der Waals surface area (Å²) in [6.45, 7) is 0. The summed E-state index contributed by atoms with van der Waals surface area (Å²) in [4.78, 5) is 16.5. The minimum absolute atomic E-state index is 0.264. The fraction of sp³-hybridized carbons (Fsp3) is 0.0588. The summed E-state index contributed by atoms with van der Waals surface area (Å²) in [5.41, 5.74) is 2.30. The number of carbonyl (C=O) groups is 1. The molecule has 0 aliphatic heterocycles. The Kier molecular flexibility index (Phi) is 3.84. The van der Waals surface area contributed by atoms with Gasteiger partial charge in [-0.3, -0.25) is 9.78 Å². The second-order valence-electron chi connectivity index (χ2n) is 4.68. The van der Waals surface area contributed by atoms with Gasteiger partial charge < -0.3 is 5.32 Å². The first kappa shape index (κ1) is 13.6. The molecule has 0 aliphatic carbocycles. The highest BCUT2D eigenvalue weighted by molar-refractivity contribution is 6.32. The number of para-hydroxylation sites is 1. The number of pyridine rings is 1. The molecule has 4 heteroatoms. The molecule has 0 aliphatic rings. The average Bonchev–Trinajstić information content (AvgIpc) is 2.55. The number of alkyl halides is 1. The van der Waals surface area contributed by atoms with Crippen LogP contribution in [0.25, 0.3) is 10.9 Å². The predicted octanol–water partition coefficient (Wildman–Crippen LogP) is 4.15. The van der Waals surface area contributed by atoms with E-state index in [0.29, 0.717) is 5.69 Å². The third-order valence-electron chi connectivity index (χ3n) is 3.18. The van der Waals surface area contributed by atoms with E-state index in [1.807, 2.05) is 60.7 Å². The highest BCUT2D eigenvalue weighted by atomic mass is 35.5. The Balaban J connectivity index is 1.80. The van der Waals surface area contributed by atoms with Gasteiger partial charge in [0, 0.05) is 5.39 Å². The molecular formula is C17H13ClN2O. The van der Waals surface area contributed by atoms with Crippen molar-refractivity contribution in [2.75, 3.05) is 5.32 Å². The van der Waals surface area contributed by atoms with Gasteiger partial charge in [-0.25, -0.2) is 0 Å². The highest BCUT2D eigenvalue weighted by Gasteiger charge is 2.17. The van der Waals surface area contributed by atoms with Crippen molar-refractivity contribution in [1.82, 2.24) is 4.98 Å². The average molecular weight is 297 g/mol. The van der Waals surface area contributed by atoms with Crippen LogP contribution in [0.3, 0.4) is 0 Å². The lowest BCUT2D eigenvalue weighted by molar-refractivity contribution is -0.116. The molecule has 0 saturated heterocycles. The summed E-state index contributed by atoms with van der Waals surface area (Å²) in [5, 5.41) is 3.05. The van der Waals surface area contributed by atoms with E-state index < -0.39 is 5.38 Å². The number of hydrogen-bond donors (Lipinski definition) is 1. The molecule has 0 radical (unpaired) electrons. The SMILES string of the molecule is O=C(Nc1cnc2ccccc2c1)C(Cl)c1ccccc1. The summed E-state index contributed by atoms with van der Waals surface area (Å²) >= 11 is 6.19. The maximum absolute atomic E-state index is 12.2. The fourth-order valence-electron chi connectivity index (χ4n) is 2.12. The van der Waals surface area contributed by atoms with Crippen LogP contribution in [0.15, 0.2) is 66.9 Å². The van der Waals surface area contributed by atoms with Gasteiger partial charge in [-0.15, -0.1) is 11.6 Å². The third kappa shape index (κ3) is 3.03. The molecule has 1 amide bonds. The Morgan fingerprint density at radius 3 is 2.57 bits per heavy atom. The lowest BCUT2D eigenvalue weighted by Gasteiger charge is -2.11. The normalized spacial score (nSPS) is 12.0. The second kappa shape index (κ2) is 5.94. The minimum atomic E-state index is -0.724. The van der Waals surface area contributed by atoms with E-state index in [0.717, 1.165) is 16.5 Å². The predicted molar refractivity (Wildman–Crippen MR) is 85.4 cm³/mol. The summed E-state index contributed by atoms with van der Waals surface area (Å²) in [7, 11) is 0. The van der Waals surface area contributed by atoms with Gasteiger partial charge in [-0.1, -0.05) is 48.5 Å². The summed E-state index contributed by atoms with van der Waals surface area (Å²) < 4.78 is 0. The Bertz CT molecular complexity index is 774. The molecule has 3 aromatic rings. The number of hydrogen-bond acceptors (Lipinski definition) is 2. The Morgan fingerprint density at radius 2 is 1.76 bits per heavy atom. The van der Waals surface area contributed by atoms with E-state index in [2.05, 4.69) is 10.3 Å². The zero-order chi connectivity index (χ0) is 14.7. The number of rotatable bonds is 3. The lowest BCUT2D eigenvalue weighted by atomic mass is 10.1. The van der Waals surface area contributed by atoms with Gasteiger partial charge in [-0.2, -0.15) is 0 Å². The Hall–Kier alpha value is -2.39. The number of halogens is 1. The fourth-order valence-corrected chi connectivity index (χ4v) is 2.32. The first-order valence-corrected chi connectivity index (χ1v) is 7.02. The number of anilines is 1. The van der Waals surface area contributed by atoms with Crippen LogP contribution in [0.2, 0.25) is 0 Å². The highest BCUT2D eigenvalue weighted by Crippen LogP contribution is 2.23. The molecule has 3 nitrogen and oxygen atoms in total. The molecule has 0 spiro atoms. The molecule has 1 unspecified atom stereocenters. The number of nitrogens with zero attached hydrogens (tertiary/aromatic N) is 1. The topological polar surface area (TPSA) is 42.0 Å². The van der Waals surface area contributed by atoms with Crippen molar-refractivity contribution >= 4 is 34.1 Å². The van der Waals surface area contributed by atoms with Crippen LogP contribution in [-0.4, -0.2) is 10.9 Å². The van der Waals surface area contributed by atoms with E-state index in [-0.39, 0.29) is 5.91 Å². The molecule has 1 N–H and O–H groups in total. The van der Waals surface area contributed by atoms with Crippen molar-refractivity contribution in [3.8, 4) is 0 Å². The third-order valence-corrected chi connectivity index (χ3v) is 3.63. The molecule has 0 bridgehead atoms. The molecule has 0 fully saturated rings. The first-order chi connectivity index (χ1) is 10.2. The van der Waals surface area contributed by atoms with Crippen molar-refractivity contribution in [2.24, 2.45) is 0 Å². The van der Waals surface area contributed by atoms with Crippen LogP contribution < -0.4 is 5.32 Å². The van der Waals surface area contributed by atoms with Crippen molar-refractivity contribution in [3.63, 3.8) is 0 Å². The zero-order valence-electron chi connectivity index (χ0n) is 11.2. The molecular weight excluding hydrogens is 284 g/mol. The van der Waals surface area contributed by atoms with E-state index in [1.54, 1.807) is 6.20 Å². The number of amides is 1. The smallest absolute Gasteiger partial charge is 0.247 e. The van der Waals surface area contributed by atoms with Crippen LogP contribution in [0.4, 0.5) is 5.69 Å². The largest absolute Gasteiger partial charge is 0.323 e. The molecule has 1 atom stereocenters. The zero-order valence-corrected chi connectivity index (χ0v) is 11.9. The van der Waals surface area contributed by atoms with Gasteiger partial charge in [0.15, 0.2) is 0 Å². The maximum Gasteiger partial charge on any atom is 0.247 e. The van der Waals surface area contributed by atoms with Crippen LogP contribution in [-0.2, 0) is 4.79 Å². The van der Waals surface area contributed by atoms with Crippen molar-refractivity contribution in [2.45, 2.75) is 5.38 Å². The van der Waals surface area contributed by atoms with Gasteiger partial charge in [0.25, 0.3) is 0 Å². The van der Waals surface area contributed by atoms with Gasteiger partial charge in [0.2, 0.25) is 5.91 Å². The molecule has 1 heterocycles. The number of carbonyl (C=O) groups excluding carboxylic acids is 1. The quantitative estimate of drug-likeness (QED) is 0.738. The van der Waals surface area contributed by atoms with E-state index in [4.69, 9.17) is 11.6 Å². The van der Waals surface area contributed by atoms with Crippen molar-refractivity contribution < 1.29 is 4.79 Å². The number of nitrogens with one attached hydrogen (secondary N) is 1. The molecule has 2 aromatic carbocycles. The second-order valence-corrected chi connectivity index (χ2v) is 5.12. The van der Waals surface area contributed by atoms with Gasteiger partial charge in [0.1, 0.15) is 5.38 Å². The minimum Gasteiger partial charge on any atom is -0.323 e. The first-order valence-electron chi connectivity index (χ1n) is 6.59. The lowest BCUT2D eigenvalue weighted by Crippen LogP contribution is -2.17. The van der Waals surface area contributed by atoms with Crippen LogP contribution in [0.5, 0.6) is 0 Å². The van der Waals surface area contributed by atoms with E-state index in [9.17, 15) is 4.79 Å². The summed E-state index contributed by atoms with van der Waals surface area (Å²) in [6.07, 6.45) is 1.63. The molecule has 1 aromatic heterocycles. The van der Waals surface area contributed by atoms with Gasteiger partial charge in [0.05, 0.1) is 17.4 Å². The molecule has 0 saturated carbocycles. The van der Waals surface area contributed by atoms with E-state index in [1.165, 1.54) is 0 Å². The van der Waals surface area contributed by atoms with Crippen LogP contribution in [0.1, 0.15) is 10.9 Å². The monoisotopic (exact) mass is 296 g/mol. The molecule has 21 heavy (non-hydrogen) atoms.